The fourth-order valence-electron chi connectivity index (χ4n) is 2.23. The molecule has 0 fully saturated rings. The van der Waals surface area contributed by atoms with Crippen LogP contribution in [0.5, 0.6) is 0 Å². The summed E-state index contributed by atoms with van der Waals surface area (Å²) in [5.74, 6) is -0.831. The maximum Gasteiger partial charge on any atom is 0.303 e. The number of pyridine rings is 1. The van der Waals surface area contributed by atoms with Crippen LogP contribution in [0, 0.1) is 0 Å². The van der Waals surface area contributed by atoms with Gasteiger partial charge in [-0.15, -0.1) is 5.10 Å². The number of aryl methyl sites for hydroxylation is 1. The number of hydrogen-bond acceptors (Lipinski definition) is 4. The summed E-state index contributed by atoms with van der Waals surface area (Å²) in [6, 6.07) is 9.94. The summed E-state index contributed by atoms with van der Waals surface area (Å²) in [6.07, 6.45) is 4.01. The zero-order chi connectivity index (χ0) is 14.7. The Bertz CT molecular complexity index is 777. The van der Waals surface area contributed by atoms with Crippen molar-refractivity contribution in [3.05, 3.63) is 54.0 Å². The van der Waals surface area contributed by atoms with Crippen LogP contribution in [0.2, 0.25) is 0 Å². The molecule has 0 atom stereocenters. The van der Waals surface area contributed by atoms with Crippen molar-refractivity contribution in [1.29, 1.82) is 0 Å². The highest BCUT2D eigenvalue weighted by Crippen LogP contribution is 2.16. The van der Waals surface area contributed by atoms with E-state index in [0.29, 0.717) is 18.7 Å². The van der Waals surface area contributed by atoms with E-state index >= 15 is 0 Å². The molecule has 2 heterocycles. The minimum absolute atomic E-state index is 0.0640. The van der Waals surface area contributed by atoms with Gasteiger partial charge in [0.15, 0.2) is 0 Å². The lowest BCUT2D eigenvalue weighted by molar-refractivity contribution is -0.136. The highest BCUT2D eigenvalue weighted by Gasteiger charge is 2.06. The Hall–Kier alpha value is -2.76. The van der Waals surface area contributed by atoms with Crippen LogP contribution >= 0.6 is 0 Å². The van der Waals surface area contributed by atoms with Gasteiger partial charge < -0.3 is 5.11 Å². The Morgan fingerprint density at radius 2 is 2.10 bits per heavy atom. The Kier molecular flexibility index (Phi) is 3.59. The summed E-state index contributed by atoms with van der Waals surface area (Å²) in [6.45, 7) is 0.564. The molecule has 1 N–H and O–H groups in total. The number of para-hydroxylation sites is 1. The Morgan fingerprint density at radius 3 is 2.95 bits per heavy atom. The number of fused-ring (bicyclic) bond motifs is 1. The van der Waals surface area contributed by atoms with Gasteiger partial charge in [0, 0.05) is 24.2 Å². The summed E-state index contributed by atoms with van der Waals surface area (Å²) >= 11 is 0. The Labute approximate surface area is 121 Å². The first kappa shape index (κ1) is 13.2. The van der Waals surface area contributed by atoms with E-state index in [9.17, 15) is 4.79 Å². The molecule has 106 valence electrons. The minimum atomic E-state index is -0.831. The largest absolute Gasteiger partial charge is 0.481 e. The van der Waals surface area contributed by atoms with Gasteiger partial charge in [0.1, 0.15) is 0 Å². The van der Waals surface area contributed by atoms with Crippen LogP contribution in [0.3, 0.4) is 0 Å². The van der Waals surface area contributed by atoms with Crippen LogP contribution in [0.15, 0.2) is 42.7 Å². The SMILES string of the molecule is O=C(O)CCc1cn(Cc2cccc3cccnc23)nn1. The smallest absolute Gasteiger partial charge is 0.303 e. The molecule has 0 amide bonds. The highest BCUT2D eigenvalue weighted by molar-refractivity contribution is 5.81. The molecular formula is C15H14N4O2. The molecule has 0 unspecified atom stereocenters. The number of rotatable bonds is 5. The number of benzene rings is 1. The molecular weight excluding hydrogens is 268 g/mol. The summed E-state index contributed by atoms with van der Waals surface area (Å²) in [4.78, 5) is 15.0. The molecule has 6 heteroatoms. The van der Waals surface area contributed by atoms with Crippen molar-refractivity contribution in [2.75, 3.05) is 0 Å². The molecule has 0 saturated carbocycles. The molecule has 1 aromatic carbocycles. The van der Waals surface area contributed by atoms with Crippen LogP contribution in [0.25, 0.3) is 10.9 Å². The van der Waals surface area contributed by atoms with Gasteiger partial charge >= 0.3 is 5.97 Å². The maximum atomic E-state index is 10.6. The van der Waals surface area contributed by atoms with Crippen LogP contribution in [0.1, 0.15) is 17.7 Å². The second-order valence-corrected chi connectivity index (χ2v) is 4.79. The summed E-state index contributed by atoms with van der Waals surface area (Å²) in [5, 5.41) is 17.8. The average molecular weight is 282 g/mol. The third kappa shape index (κ3) is 3.05. The predicted molar refractivity (Wildman–Crippen MR) is 76.8 cm³/mol. The van der Waals surface area contributed by atoms with Crippen molar-refractivity contribution in [3.63, 3.8) is 0 Å². The zero-order valence-corrected chi connectivity index (χ0v) is 11.3. The summed E-state index contributed by atoms with van der Waals surface area (Å²) in [7, 11) is 0. The average Bonchev–Trinajstić information content (AvgIpc) is 2.93. The molecule has 0 aliphatic heterocycles. The number of nitrogens with zero attached hydrogens (tertiary/aromatic N) is 4. The lowest BCUT2D eigenvalue weighted by Gasteiger charge is -2.04. The molecule has 21 heavy (non-hydrogen) atoms. The predicted octanol–water partition coefficient (Wildman–Crippen LogP) is 1.89. The van der Waals surface area contributed by atoms with E-state index in [-0.39, 0.29) is 6.42 Å². The number of carboxylic acids is 1. The molecule has 0 saturated heterocycles. The van der Waals surface area contributed by atoms with E-state index in [1.165, 1.54) is 0 Å². The quantitative estimate of drug-likeness (QED) is 0.773. The minimum Gasteiger partial charge on any atom is -0.481 e. The van der Waals surface area contributed by atoms with E-state index in [1.54, 1.807) is 17.1 Å². The molecule has 0 aliphatic carbocycles. The van der Waals surface area contributed by atoms with Crippen LogP contribution in [-0.4, -0.2) is 31.1 Å². The molecule has 0 radical (unpaired) electrons. The first-order valence-electron chi connectivity index (χ1n) is 6.66. The van der Waals surface area contributed by atoms with Gasteiger partial charge in [0.2, 0.25) is 0 Å². The van der Waals surface area contributed by atoms with E-state index in [2.05, 4.69) is 15.3 Å². The monoisotopic (exact) mass is 282 g/mol. The number of aliphatic carboxylic acids is 1. The van der Waals surface area contributed by atoms with Gasteiger partial charge in [0.25, 0.3) is 0 Å². The van der Waals surface area contributed by atoms with Gasteiger partial charge in [-0.1, -0.05) is 29.5 Å². The van der Waals surface area contributed by atoms with E-state index < -0.39 is 5.97 Å². The molecule has 0 aliphatic rings. The van der Waals surface area contributed by atoms with Crippen molar-refractivity contribution in [3.8, 4) is 0 Å². The molecule has 3 aromatic rings. The number of hydrogen-bond donors (Lipinski definition) is 1. The normalized spacial score (nSPS) is 10.9. The fraction of sp³-hybridized carbons (Fsp3) is 0.200. The number of carbonyl (C=O) groups is 1. The molecule has 2 aromatic heterocycles. The van der Waals surface area contributed by atoms with Crippen molar-refractivity contribution in [2.24, 2.45) is 0 Å². The van der Waals surface area contributed by atoms with E-state index in [1.807, 2.05) is 30.3 Å². The van der Waals surface area contributed by atoms with Crippen molar-refractivity contribution in [1.82, 2.24) is 20.0 Å². The molecule has 0 spiro atoms. The van der Waals surface area contributed by atoms with Crippen LogP contribution in [0.4, 0.5) is 0 Å². The lowest BCUT2D eigenvalue weighted by Crippen LogP contribution is -2.01. The third-order valence-corrected chi connectivity index (χ3v) is 3.23. The van der Waals surface area contributed by atoms with E-state index in [4.69, 9.17) is 5.11 Å². The van der Waals surface area contributed by atoms with Crippen LogP contribution < -0.4 is 0 Å². The zero-order valence-electron chi connectivity index (χ0n) is 11.3. The van der Waals surface area contributed by atoms with Crippen LogP contribution in [-0.2, 0) is 17.8 Å². The van der Waals surface area contributed by atoms with Gasteiger partial charge in [-0.2, -0.15) is 0 Å². The first-order valence-corrected chi connectivity index (χ1v) is 6.66. The Morgan fingerprint density at radius 1 is 1.24 bits per heavy atom. The van der Waals surface area contributed by atoms with Crippen molar-refractivity contribution >= 4 is 16.9 Å². The molecule has 0 bridgehead atoms. The van der Waals surface area contributed by atoms with E-state index in [0.717, 1.165) is 16.5 Å². The number of carboxylic acid groups (broad SMARTS) is 1. The van der Waals surface area contributed by atoms with Gasteiger partial charge in [-0.3, -0.25) is 9.78 Å². The number of aromatic nitrogens is 4. The second-order valence-electron chi connectivity index (χ2n) is 4.79. The third-order valence-electron chi connectivity index (χ3n) is 3.23. The van der Waals surface area contributed by atoms with Gasteiger partial charge in [0.05, 0.1) is 24.2 Å². The topological polar surface area (TPSA) is 80.9 Å². The highest BCUT2D eigenvalue weighted by atomic mass is 16.4. The standard InChI is InChI=1S/C15H14N4O2/c20-14(21)7-6-13-10-19(18-17-13)9-12-4-1-3-11-5-2-8-16-15(11)12/h1-5,8,10H,6-7,9H2,(H,20,21). The summed E-state index contributed by atoms with van der Waals surface area (Å²) < 4.78 is 1.71. The molecule has 6 nitrogen and oxygen atoms in total. The Balaban J connectivity index is 1.81. The second kappa shape index (κ2) is 5.70. The fourth-order valence-corrected chi connectivity index (χ4v) is 2.23. The van der Waals surface area contributed by atoms with Gasteiger partial charge in [-0.05, 0) is 11.6 Å². The summed E-state index contributed by atoms with van der Waals surface area (Å²) in [5.41, 5.74) is 2.69. The van der Waals surface area contributed by atoms with Crippen molar-refractivity contribution < 1.29 is 9.90 Å². The van der Waals surface area contributed by atoms with Crippen molar-refractivity contribution in [2.45, 2.75) is 19.4 Å². The maximum absolute atomic E-state index is 10.6. The lowest BCUT2D eigenvalue weighted by atomic mass is 10.1. The van der Waals surface area contributed by atoms with Gasteiger partial charge in [-0.25, -0.2) is 4.68 Å². The first-order chi connectivity index (χ1) is 10.2. The molecule has 3 rings (SSSR count).